The van der Waals surface area contributed by atoms with E-state index in [4.69, 9.17) is 11.6 Å². The minimum atomic E-state index is -3.18. The maximum Gasteiger partial charge on any atom is 0.228 e. The standard InChI is InChI=1S/C8H15ClN2O2S/c9-7-14(12,13)11-5-3-10(4-6-11)8-1-2-8/h8H,1-7H2. The summed E-state index contributed by atoms with van der Waals surface area (Å²) < 4.78 is 24.3. The molecule has 2 aliphatic rings. The highest BCUT2D eigenvalue weighted by atomic mass is 35.5. The highest BCUT2D eigenvalue weighted by molar-refractivity contribution is 7.90. The van der Waals surface area contributed by atoms with Crippen molar-refractivity contribution in [1.82, 2.24) is 9.21 Å². The van der Waals surface area contributed by atoms with Gasteiger partial charge in [0, 0.05) is 32.2 Å². The van der Waals surface area contributed by atoms with E-state index in [1.807, 2.05) is 0 Å². The van der Waals surface area contributed by atoms with Gasteiger partial charge in [-0.15, -0.1) is 11.6 Å². The van der Waals surface area contributed by atoms with Crippen LogP contribution in [0.2, 0.25) is 0 Å². The van der Waals surface area contributed by atoms with Crippen LogP contribution in [-0.4, -0.2) is 55.1 Å². The van der Waals surface area contributed by atoms with E-state index in [9.17, 15) is 8.42 Å². The number of hydrogen-bond acceptors (Lipinski definition) is 3. The summed E-state index contributed by atoms with van der Waals surface area (Å²) in [6.45, 7) is 2.93. The molecule has 1 saturated carbocycles. The molecule has 6 heteroatoms. The molecular weight excluding hydrogens is 224 g/mol. The van der Waals surface area contributed by atoms with Crippen molar-refractivity contribution in [3.05, 3.63) is 0 Å². The van der Waals surface area contributed by atoms with Gasteiger partial charge in [0.05, 0.1) is 0 Å². The molecule has 2 rings (SSSR count). The minimum absolute atomic E-state index is 0.295. The molecule has 14 heavy (non-hydrogen) atoms. The van der Waals surface area contributed by atoms with Crippen LogP contribution in [-0.2, 0) is 10.0 Å². The molecule has 0 atom stereocenters. The van der Waals surface area contributed by atoms with Gasteiger partial charge >= 0.3 is 0 Å². The lowest BCUT2D eigenvalue weighted by atomic mass is 10.3. The Balaban J connectivity index is 1.89. The number of alkyl halides is 1. The van der Waals surface area contributed by atoms with Crippen molar-refractivity contribution in [1.29, 1.82) is 0 Å². The Kier molecular flexibility index (Phi) is 3.02. The Labute approximate surface area is 89.9 Å². The van der Waals surface area contributed by atoms with Crippen LogP contribution in [0, 0.1) is 0 Å². The summed E-state index contributed by atoms with van der Waals surface area (Å²) in [5.41, 5.74) is 0. The average molecular weight is 239 g/mol. The van der Waals surface area contributed by atoms with Gasteiger partial charge in [0.1, 0.15) is 5.21 Å². The van der Waals surface area contributed by atoms with Gasteiger partial charge in [0.2, 0.25) is 10.0 Å². The summed E-state index contributed by atoms with van der Waals surface area (Å²) in [5.74, 6) is 0. The number of piperazine rings is 1. The van der Waals surface area contributed by atoms with E-state index in [1.165, 1.54) is 17.1 Å². The zero-order chi connectivity index (χ0) is 10.2. The van der Waals surface area contributed by atoms with Crippen LogP contribution < -0.4 is 0 Å². The SMILES string of the molecule is O=S(=O)(CCl)N1CCN(C2CC2)CC1. The van der Waals surface area contributed by atoms with Gasteiger partial charge in [-0.05, 0) is 12.8 Å². The van der Waals surface area contributed by atoms with Crippen LogP contribution in [0.15, 0.2) is 0 Å². The second-order valence-electron chi connectivity index (χ2n) is 3.89. The minimum Gasteiger partial charge on any atom is -0.298 e. The predicted molar refractivity (Wildman–Crippen MR) is 55.8 cm³/mol. The number of sulfonamides is 1. The Bertz CT molecular complexity index is 294. The van der Waals surface area contributed by atoms with Crippen LogP contribution in [0.1, 0.15) is 12.8 Å². The quantitative estimate of drug-likeness (QED) is 0.664. The first-order valence-corrected chi connectivity index (χ1v) is 7.06. The molecule has 0 amide bonds. The van der Waals surface area contributed by atoms with Gasteiger partial charge in [-0.3, -0.25) is 4.90 Å². The molecule has 0 N–H and O–H groups in total. The first kappa shape index (κ1) is 10.7. The van der Waals surface area contributed by atoms with Crippen molar-refractivity contribution in [2.45, 2.75) is 18.9 Å². The fraction of sp³-hybridized carbons (Fsp3) is 1.00. The van der Waals surface area contributed by atoms with E-state index in [0.29, 0.717) is 13.1 Å². The molecule has 1 aliphatic carbocycles. The van der Waals surface area contributed by atoms with E-state index in [2.05, 4.69) is 4.90 Å². The first-order chi connectivity index (χ1) is 6.63. The third kappa shape index (κ3) is 2.21. The largest absolute Gasteiger partial charge is 0.298 e. The summed E-state index contributed by atoms with van der Waals surface area (Å²) in [6, 6.07) is 0.732. The molecule has 0 aromatic heterocycles. The average Bonchev–Trinajstić information content (AvgIpc) is 3.01. The lowest BCUT2D eigenvalue weighted by Gasteiger charge is -2.33. The fourth-order valence-corrected chi connectivity index (χ4v) is 3.13. The summed E-state index contributed by atoms with van der Waals surface area (Å²) in [5, 5.41) is -0.295. The second kappa shape index (κ2) is 3.96. The molecule has 0 spiro atoms. The fourth-order valence-electron chi connectivity index (χ4n) is 1.86. The van der Waals surface area contributed by atoms with Crippen molar-refractivity contribution in [2.24, 2.45) is 0 Å². The summed E-state index contributed by atoms with van der Waals surface area (Å²) in [6.07, 6.45) is 2.56. The van der Waals surface area contributed by atoms with Crippen molar-refractivity contribution >= 4 is 21.6 Å². The molecule has 4 nitrogen and oxygen atoms in total. The highest BCUT2D eigenvalue weighted by Gasteiger charge is 2.33. The monoisotopic (exact) mass is 238 g/mol. The molecule has 1 aliphatic heterocycles. The van der Waals surface area contributed by atoms with Crippen LogP contribution in [0.3, 0.4) is 0 Å². The van der Waals surface area contributed by atoms with Gasteiger partial charge in [0.25, 0.3) is 0 Å². The zero-order valence-electron chi connectivity index (χ0n) is 8.02. The van der Waals surface area contributed by atoms with E-state index in [1.54, 1.807) is 0 Å². The Morgan fingerprint density at radius 1 is 1.14 bits per heavy atom. The molecular formula is C8H15ClN2O2S. The maximum absolute atomic E-state index is 11.4. The molecule has 0 aromatic rings. The van der Waals surface area contributed by atoms with Crippen LogP contribution in [0.4, 0.5) is 0 Å². The van der Waals surface area contributed by atoms with Crippen LogP contribution in [0.25, 0.3) is 0 Å². The van der Waals surface area contributed by atoms with Gasteiger partial charge in [-0.1, -0.05) is 0 Å². The Hall–Kier alpha value is 0.160. The van der Waals surface area contributed by atoms with Gasteiger partial charge in [0.15, 0.2) is 0 Å². The normalized spacial score (nSPS) is 26.6. The van der Waals surface area contributed by atoms with E-state index in [-0.39, 0.29) is 5.21 Å². The molecule has 1 saturated heterocycles. The molecule has 82 valence electrons. The van der Waals surface area contributed by atoms with Crippen molar-refractivity contribution in [2.75, 3.05) is 31.4 Å². The van der Waals surface area contributed by atoms with E-state index in [0.717, 1.165) is 19.1 Å². The Morgan fingerprint density at radius 2 is 1.71 bits per heavy atom. The van der Waals surface area contributed by atoms with E-state index >= 15 is 0 Å². The molecule has 2 fully saturated rings. The Morgan fingerprint density at radius 3 is 2.14 bits per heavy atom. The smallest absolute Gasteiger partial charge is 0.228 e. The number of halogens is 1. The molecule has 0 radical (unpaired) electrons. The van der Waals surface area contributed by atoms with Gasteiger partial charge in [-0.25, -0.2) is 8.42 Å². The first-order valence-electron chi connectivity index (χ1n) is 4.91. The van der Waals surface area contributed by atoms with Gasteiger partial charge < -0.3 is 0 Å². The van der Waals surface area contributed by atoms with E-state index < -0.39 is 10.0 Å². The van der Waals surface area contributed by atoms with Gasteiger partial charge in [-0.2, -0.15) is 4.31 Å². The topological polar surface area (TPSA) is 40.6 Å². The molecule has 0 bridgehead atoms. The van der Waals surface area contributed by atoms with Crippen molar-refractivity contribution in [3.8, 4) is 0 Å². The summed E-state index contributed by atoms with van der Waals surface area (Å²) in [7, 11) is -3.18. The van der Waals surface area contributed by atoms with Crippen molar-refractivity contribution in [3.63, 3.8) is 0 Å². The second-order valence-corrected chi connectivity index (χ2v) is 6.44. The number of rotatable bonds is 3. The number of nitrogens with zero attached hydrogens (tertiary/aromatic N) is 2. The molecule has 0 aromatic carbocycles. The zero-order valence-corrected chi connectivity index (χ0v) is 9.60. The third-order valence-corrected chi connectivity index (χ3v) is 5.12. The molecule has 1 heterocycles. The maximum atomic E-state index is 11.4. The van der Waals surface area contributed by atoms with Crippen LogP contribution in [0.5, 0.6) is 0 Å². The third-order valence-electron chi connectivity index (χ3n) is 2.87. The molecule has 0 unspecified atom stereocenters. The van der Waals surface area contributed by atoms with Crippen molar-refractivity contribution < 1.29 is 8.42 Å². The van der Waals surface area contributed by atoms with Crippen LogP contribution >= 0.6 is 11.6 Å². The lowest BCUT2D eigenvalue weighted by Crippen LogP contribution is -2.49. The predicted octanol–water partition coefficient (Wildman–Crippen LogP) is 0.292. The highest BCUT2D eigenvalue weighted by Crippen LogP contribution is 2.27. The summed E-state index contributed by atoms with van der Waals surface area (Å²) in [4.78, 5) is 2.38. The lowest BCUT2D eigenvalue weighted by molar-refractivity contribution is 0.181. The summed E-state index contributed by atoms with van der Waals surface area (Å²) >= 11 is 5.39. The number of hydrogen-bond donors (Lipinski definition) is 0.